The highest BCUT2D eigenvalue weighted by atomic mass is 16.5. The zero-order valence-corrected chi connectivity index (χ0v) is 16.4. The van der Waals surface area contributed by atoms with Gasteiger partial charge in [-0.2, -0.15) is 0 Å². The van der Waals surface area contributed by atoms with Crippen molar-refractivity contribution in [3.8, 4) is 11.5 Å². The number of methoxy groups -OCH3 is 2. The van der Waals surface area contributed by atoms with Gasteiger partial charge in [-0.15, -0.1) is 0 Å². The molecule has 28 heavy (non-hydrogen) atoms. The normalized spacial score (nSPS) is 10.3. The number of amides is 1. The van der Waals surface area contributed by atoms with Crippen molar-refractivity contribution in [1.29, 1.82) is 0 Å². The maximum absolute atomic E-state index is 12.5. The predicted molar refractivity (Wildman–Crippen MR) is 111 cm³/mol. The molecular formula is C22H23N3O3. The number of nitrogens with zero attached hydrogens (tertiary/aromatic N) is 1. The van der Waals surface area contributed by atoms with Crippen LogP contribution >= 0.6 is 0 Å². The molecule has 0 aliphatic carbocycles. The molecule has 0 aliphatic heterocycles. The second kappa shape index (κ2) is 8.43. The third-order valence-electron chi connectivity index (χ3n) is 4.45. The van der Waals surface area contributed by atoms with Crippen molar-refractivity contribution < 1.29 is 14.3 Å². The van der Waals surface area contributed by atoms with E-state index in [1.54, 1.807) is 37.6 Å². The van der Waals surface area contributed by atoms with Gasteiger partial charge in [-0.1, -0.05) is 6.07 Å². The van der Waals surface area contributed by atoms with Crippen LogP contribution in [0.1, 0.15) is 21.5 Å². The molecule has 1 aromatic heterocycles. The number of carbonyl (C=O) groups excluding carboxylic acids is 1. The van der Waals surface area contributed by atoms with Gasteiger partial charge >= 0.3 is 0 Å². The summed E-state index contributed by atoms with van der Waals surface area (Å²) in [6.07, 6.45) is 1.68. The molecular weight excluding hydrogens is 354 g/mol. The average Bonchev–Trinajstić information content (AvgIpc) is 2.71. The van der Waals surface area contributed by atoms with Gasteiger partial charge < -0.3 is 20.1 Å². The lowest BCUT2D eigenvalue weighted by molar-refractivity contribution is 0.102. The Kier molecular flexibility index (Phi) is 5.79. The van der Waals surface area contributed by atoms with Gasteiger partial charge in [0.05, 0.1) is 26.1 Å². The maximum atomic E-state index is 12.5. The van der Waals surface area contributed by atoms with Gasteiger partial charge in [0.15, 0.2) is 11.5 Å². The van der Waals surface area contributed by atoms with E-state index in [-0.39, 0.29) is 5.91 Å². The van der Waals surface area contributed by atoms with E-state index >= 15 is 0 Å². The lowest BCUT2D eigenvalue weighted by Gasteiger charge is -2.11. The number of benzene rings is 2. The molecule has 0 fully saturated rings. The maximum Gasteiger partial charge on any atom is 0.256 e. The van der Waals surface area contributed by atoms with Crippen LogP contribution in [-0.2, 0) is 0 Å². The highest BCUT2D eigenvalue weighted by Crippen LogP contribution is 2.28. The monoisotopic (exact) mass is 377 g/mol. The summed E-state index contributed by atoms with van der Waals surface area (Å²) >= 11 is 0. The SMILES string of the molecule is COc1ccc(C(=O)Nc2ccc(Nc3ccc(C)c(C)c3)cn2)cc1OC. The number of carbonyl (C=O) groups is 1. The lowest BCUT2D eigenvalue weighted by Crippen LogP contribution is -2.13. The molecule has 144 valence electrons. The van der Waals surface area contributed by atoms with Gasteiger partial charge in [0.1, 0.15) is 5.82 Å². The fourth-order valence-electron chi connectivity index (χ4n) is 2.69. The Hall–Kier alpha value is -3.54. The largest absolute Gasteiger partial charge is 0.493 e. The van der Waals surface area contributed by atoms with Gasteiger partial charge in [-0.3, -0.25) is 4.79 Å². The van der Waals surface area contributed by atoms with Crippen molar-refractivity contribution >= 4 is 23.1 Å². The Morgan fingerprint density at radius 1 is 0.857 bits per heavy atom. The molecule has 6 nitrogen and oxygen atoms in total. The predicted octanol–water partition coefficient (Wildman–Crippen LogP) is 4.71. The van der Waals surface area contributed by atoms with Crippen LogP contribution in [0.3, 0.4) is 0 Å². The molecule has 3 rings (SSSR count). The van der Waals surface area contributed by atoms with Gasteiger partial charge in [0.25, 0.3) is 5.91 Å². The fourth-order valence-corrected chi connectivity index (χ4v) is 2.69. The topological polar surface area (TPSA) is 72.5 Å². The van der Waals surface area contributed by atoms with Crippen LogP contribution in [0.25, 0.3) is 0 Å². The molecule has 0 saturated heterocycles. The summed E-state index contributed by atoms with van der Waals surface area (Å²) < 4.78 is 10.4. The Bertz CT molecular complexity index is 985. The third-order valence-corrected chi connectivity index (χ3v) is 4.45. The van der Waals surface area contributed by atoms with Gasteiger partial charge in [-0.25, -0.2) is 4.98 Å². The van der Waals surface area contributed by atoms with Crippen molar-refractivity contribution in [3.05, 3.63) is 71.4 Å². The van der Waals surface area contributed by atoms with E-state index in [0.29, 0.717) is 22.9 Å². The average molecular weight is 377 g/mol. The quantitative estimate of drug-likeness (QED) is 0.651. The Labute approximate surface area is 164 Å². The number of hydrogen-bond donors (Lipinski definition) is 2. The molecule has 6 heteroatoms. The smallest absolute Gasteiger partial charge is 0.256 e. The van der Waals surface area contributed by atoms with Crippen LogP contribution < -0.4 is 20.1 Å². The number of hydrogen-bond acceptors (Lipinski definition) is 5. The van der Waals surface area contributed by atoms with E-state index in [0.717, 1.165) is 11.4 Å². The standard InChI is InChI=1S/C22H23N3O3/c1-14-5-7-17(11-15(14)2)24-18-8-10-21(23-13-18)25-22(26)16-6-9-19(27-3)20(12-16)28-4/h5-13,24H,1-4H3,(H,23,25,26). The molecule has 0 bridgehead atoms. The highest BCUT2D eigenvalue weighted by molar-refractivity contribution is 6.04. The van der Waals surface area contributed by atoms with Crippen LogP contribution in [0.4, 0.5) is 17.2 Å². The summed E-state index contributed by atoms with van der Waals surface area (Å²) in [5.74, 6) is 1.25. The van der Waals surface area contributed by atoms with Crippen molar-refractivity contribution in [1.82, 2.24) is 4.98 Å². The molecule has 0 atom stereocenters. The molecule has 2 N–H and O–H groups in total. The van der Waals surface area contributed by atoms with E-state index in [1.165, 1.54) is 18.2 Å². The molecule has 1 heterocycles. The summed E-state index contributed by atoms with van der Waals surface area (Å²) in [6, 6.07) is 14.8. The molecule has 0 spiro atoms. The molecule has 1 amide bonds. The number of rotatable bonds is 6. The lowest BCUT2D eigenvalue weighted by atomic mass is 10.1. The van der Waals surface area contributed by atoms with E-state index < -0.39 is 0 Å². The van der Waals surface area contributed by atoms with E-state index in [9.17, 15) is 4.79 Å². The van der Waals surface area contributed by atoms with Crippen LogP contribution in [-0.4, -0.2) is 25.1 Å². The number of aromatic nitrogens is 1. The Balaban J connectivity index is 1.68. The first-order valence-electron chi connectivity index (χ1n) is 8.84. The second-order valence-electron chi connectivity index (χ2n) is 6.38. The first-order chi connectivity index (χ1) is 13.5. The zero-order valence-electron chi connectivity index (χ0n) is 16.4. The van der Waals surface area contributed by atoms with Crippen LogP contribution in [0.15, 0.2) is 54.7 Å². The second-order valence-corrected chi connectivity index (χ2v) is 6.38. The number of ether oxygens (including phenoxy) is 2. The van der Waals surface area contributed by atoms with Crippen molar-refractivity contribution in [2.45, 2.75) is 13.8 Å². The fraction of sp³-hybridized carbons (Fsp3) is 0.182. The van der Waals surface area contributed by atoms with Crippen LogP contribution in [0, 0.1) is 13.8 Å². The van der Waals surface area contributed by atoms with Gasteiger partial charge in [-0.05, 0) is 67.4 Å². The number of pyridine rings is 1. The van der Waals surface area contributed by atoms with Gasteiger partial charge in [0.2, 0.25) is 0 Å². The Morgan fingerprint density at radius 2 is 1.61 bits per heavy atom. The zero-order chi connectivity index (χ0) is 20.1. The molecule has 0 saturated carbocycles. The number of anilines is 3. The molecule has 0 radical (unpaired) electrons. The van der Waals surface area contributed by atoms with Crippen LogP contribution in [0.5, 0.6) is 11.5 Å². The molecule has 0 aliphatic rings. The van der Waals surface area contributed by atoms with Crippen molar-refractivity contribution in [2.24, 2.45) is 0 Å². The summed E-state index contributed by atoms with van der Waals surface area (Å²) in [6.45, 7) is 4.15. The summed E-state index contributed by atoms with van der Waals surface area (Å²) in [5.41, 5.74) is 4.75. The van der Waals surface area contributed by atoms with Crippen molar-refractivity contribution in [2.75, 3.05) is 24.9 Å². The van der Waals surface area contributed by atoms with Gasteiger partial charge in [0, 0.05) is 11.3 Å². The van der Waals surface area contributed by atoms with Crippen LogP contribution in [0.2, 0.25) is 0 Å². The summed E-state index contributed by atoms with van der Waals surface area (Å²) in [4.78, 5) is 16.8. The molecule has 0 unspecified atom stereocenters. The first kappa shape index (κ1) is 19.2. The first-order valence-corrected chi connectivity index (χ1v) is 8.84. The molecule has 3 aromatic rings. The highest BCUT2D eigenvalue weighted by Gasteiger charge is 2.11. The Morgan fingerprint density at radius 3 is 2.25 bits per heavy atom. The van der Waals surface area contributed by atoms with E-state index in [1.807, 2.05) is 12.1 Å². The number of aryl methyl sites for hydroxylation is 2. The van der Waals surface area contributed by atoms with E-state index in [2.05, 4.69) is 41.6 Å². The number of nitrogens with one attached hydrogen (secondary N) is 2. The van der Waals surface area contributed by atoms with E-state index in [4.69, 9.17) is 9.47 Å². The molecule has 2 aromatic carbocycles. The summed E-state index contributed by atoms with van der Waals surface area (Å²) in [7, 11) is 3.08. The minimum absolute atomic E-state index is 0.275. The minimum atomic E-state index is -0.275. The minimum Gasteiger partial charge on any atom is -0.493 e. The third kappa shape index (κ3) is 4.40. The summed E-state index contributed by atoms with van der Waals surface area (Å²) in [5, 5.41) is 6.09. The van der Waals surface area contributed by atoms with Crippen molar-refractivity contribution in [3.63, 3.8) is 0 Å².